The molecule has 7 heteroatoms. The number of hydrogen-bond acceptors (Lipinski definition) is 3. The minimum Gasteiger partial charge on any atom is -0.381 e. The van der Waals surface area contributed by atoms with Crippen LogP contribution >= 0.6 is 11.6 Å². The number of aliphatic imine (C=N–C) groups is 1. The van der Waals surface area contributed by atoms with E-state index >= 15 is 0 Å². The van der Waals surface area contributed by atoms with Crippen molar-refractivity contribution in [3.63, 3.8) is 0 Å². The number of guanidine groups is 1. The zero-order chi connectivity index (χ0) is 17.7. The average Bonchev–Trinajstić information content (AvgIpc) is 3.25. The second-order valence-corrected chi connectivity index (χ2v) is 7.09. The molecule has 6 nitrogen and oxygen atoms in total. The normalized spacial score (nSPS) is 23.3. The molecule has 0 aliphatic carbocycles. The molecule has 2 heterocycles. The van der Waals surface area contributed by atoms with E-state index in [4.69, 9.17) is 16.3 Å². The monoisotopic (exact) mass is 364 g/mol. The molecule has 0 radical (unpaired) electrons. The van der Waals surface area contributed by atoms with E-state index in [-0.39, 0.29) is 5.91 Å². The van der Waals surface area contributed by atoms with Crippen molar-refractivity contribution in [2.75, 3.05) is 46.4 Å². The summed E-state index contributed by atoms with van der Waals surface area (Å²) in [6.45, 7) is 4.82. The number of ether oxygens (including phenoxy) is 1. The summed E-state index contributed by atoms with van der Waals surface area (Å²) in [7, 11) is 1.79. The molecule has 0 aromatic heterocycles. The first-order chi connectivity index (χ1) is 12.1. The maximum atomic E-state index is 12.1. The predicted octanol–water partition coefficient (Wildman–Crippen LogP) is 1.76. The van der Waals surface area contributed by atoms with Gasteiger partial charge in [-0.3, -0.25) is 9.79 Å². The number of hydrogen-bond donors (Lipinski definition) is 2. The van der Waals surface area contributed by atoms with Crippen LogP contribution in [-0.4, -0.2) is 63.2 Å². The molecular formula is C18H25ClN4O2. The van der Waals surface area contributed by atoms with Crippen LogP contribution in [0.15, 0.2) is 29.3 Å². The first-order valence-corrected chi connectivity index (χ1v) is 9.07. The van der Waals surface area contributed by atoms with E-state index in [1.165, 1.54) is 0 Å². The van der Waals surface area contributed by atoms with Crippen LogP contribution in [0.5, 0.6) is 0 Å². The van der Waals surface area contributed by atoms with Gasteiger partial charge in [0, 0.05) is 45.2 Å². The summed E-state index contributed by atoms with van der Waals surface area (Å²) in [6.07, 6.45) is 2.28. The van der Waals surface area contributed by atoms with Crippen molar-refractivity contribution in [2.24, 2.45) is 10.4 Å². The highest BCUT2D eigenvalue weighted by Gasteiger charge is 2.42. The van der Waals surface area contributed by atoms with Gasteiger partial charge < -0.3 is 20.3 Å². The Morgan fingerprint density at radius 3 is 2.84 bits per heavy atom. The molecule has 0 saturated carbocycles. The van der Waals surface area contributed by atoms with Gasteiger partial charge in [-0.1, -0.05) is 23.7 Å². The highest BCUT2D eigenvalue weighted by atomic mass is 35.5. The summed E-state index contributed by atoms with van der Waals surface area (Å²) in [4.78, 5) is 18.8. The van der Waals surface area contributed by atoms with Crippen LogP contribution < -0.4 is 10.6 Å². The third kappa shape index (κ3) is 4.25. The first kappa shape index (κ1) is 18.0. The number of amides is 1. The fourth-order valence-corrected chi connectivity index (χ4v) is 3.73. The van der Waals surface area contributed by atoms with Crippen molar-refractivity contribution in [2.45, 2.75) is 12.8 Å². The lowest BCUT2D eigenvalue weighted by molar-refractivity contribution is 0.0954. The Hall–Kier alpha value is -1.79. The topological polar surface area (TPSA) is 66.0 Å². The molecule has 1 aromatic rings. The van der Waals surface area contributed by atoms with Gasteiger partial charge in [0.25, 0.3) is 5.91 Å². The van der Waals surface area contributed by atoms with E-state index in [0.29, 0.717) is 29.1 Å². The molecular weight excluding hydrogens is 340 g/mol. The van der Waals surface area contributed by atoms with Crippen LogP contribution in [0.1, 0.15) is 23.2 Å². The third-order valence-electron chi connectivity index (χ3n) is 4.95. The third-order valence-corrected chi connectivity index (χ3v) is 5.28. The van der Waals surface area contributed by atoms with Crippen molar-refractivity contribution < 1.29 is 9.53 Å². The van der Waals surface area contributed by atoms with E-state index in [0.717, 1.165) is 45.1 Å². The van der Waals surface area contributed by atoms with Crippen molar-refractivity contribution in [3.05, 3.63) is 34.9 Å². The zero-order valence-electron chi connectivity index (χ0n) is 14.6. The number of nitrogens with one attached hydrogen (secondary N) is 2. The second kappa shape index (κ2) is 8.06. The Kier molecular flexibility index (Phi) is 5.81. The van der Waals surface area contributed by atoms with Crippen molar-refractivity contribution in [1.82, 2.24) is 15.5 Å². The highest BCUT2D eigenvalue weighted by molar-refractivity contribution is 6.33. The fraction of sp³-hybridized carbons (Fsp3) is 0.556. The summed E-state index contributed by atoms with van der Waals surface area (Å²) in [5.41, 5.74) is 0.798. The van der Waals surface area contributed by atoms with Gasteiger partial charge in [0.2, 0.25) is 0 Å². The molecule has 1 spiro atoms. The van der Waals surface area contributed by atoms with Crippen molar-refractivity contribution in [1.29, 1.82) is 0 Å². The number of carbonyl (C=O) groups excluding carboxylic acids is 1. The predicted molar refractivity (Wildman–Crippen MR) is 99.2 cm³/mol. The Morgan fingerprint density at radius 2 is 2.12 bits per heavy atom. The van der Waals surface area contributed by atoms with Gasteiger partial charge in [-0.2, -0.15) is 0 Å². The Bertz CT molecular complexity index is 644. The quantitative estimate of drug-likeness (QED) is 0.485. The molecule has 1 atom stereocenters. The van der Waals surface area contributed by atoms with Crippen molar-refractivity contribution in [3.8, 4) is 0 Å². The Labute approximate surface area is 153 Å². The molecule has 1 amide bonds. The van der Waals surface area contributed by atoms with Crippen LogP contribution in [-0.2, 0) is 4.74 Å². The molecule has 136 valence electrons. The van der Waals surface area contributed by atoms with Gasteiger partial charge in [-0.05, 0) is 25.0 Å². The molecule has 3 rings (SSSR count). The summed E-state index contributed by atoms with van der Waals surface area (Å²) >= 11 is 6.04. The number of likely N-dealkylation sites (tertiary alicyclic amines) is 1. The van der Waals surface area contributed by atoms with Gasteiger partial charge in [-0.25, -0.2) is 0 Å². The van der Waals surface area contributed by atoms with Crippen LogP contribution in [0.25, 0.3) is 0 Å². The van der Waals surface area contributed by atoms with E-state index in [2.05, 4.69) is 20.5 Å². The lowest BCUT2D eigenvalue weighted by Crippen LogP contribution is -2.44. The molecule has 2 aliphatic rings. The lowest BCUT2D eigenvalue weighted by atomic mass is 9.87. The molecule has 2 aliphatic heterocycles. The summed E-state index contributed by atoms with van der Waals surface area (Å²) in [5, 5.41) is 6.67. The van der Waals surface area contributed by atoms with Crippen molar-refractivity contribution >= 4 is 23.5 Å². The van der Waals surface area contributed by atoms with Crippen LogP contribution in [0.4, 0.5) is 0 Å². The molecule has 2 fully saturated rings. The number of carbonyl (C=O) groups is 1. The van der Waals surface area contributed by atoms with Gasteiger partial charge in [0.05, 0.1) is 17.2 Å². The second-order valence-electron chi connectivity index (χ2n) is 6.68. The number of halogens is 1. The largest absolute Gasteiger partial charge is 0.381 e. The standard InChI is InChI=1S/C18H25ClN4O2/c1-20-17(23-10-6-18(12-23)7-11-25-13-18)22-9-8-21-16(24)14-4-2-3-5-15(14)19/h2-5H,6-13H2,1H3,(H,20,22)(H,21,24). The van der Waals surface area contributed by atoms with Gasteiger partial charge in [0.1, 0.15) is 0 Å². The highest BCUT2D eigenvalue weighted by Crippen LogP contribution is 2.38. The summed E-state index contributed by atoms with van der Waals surface area (Å²) in [5.74, 6) is 0.724. The zero-order valence-corrected chi connectivity index (χ0v) is 15.3. The molecule has 25 heavy (non-hydrogen) atoms. The van der Waals surface area contributed by atoms with Gasteiger partial charge >= 0.3 is 0 Å². The number of benzene rings is 1. The maximum Gasteiger partial charge on any atom is 0.252 e. The minimum absolute atomic E-state index is 0.161. The minimum atomic E-state index is -0.161. The molecule has 1 aromatic carbocycles. The van der Waals surface area contributed by atoms with Crippen LogP contribution in [0.3, 0.4) is 0 Å². The van der Waals surface area contributed by atoms with E-state index in [1.54, 1.807) is 25.2 Å². The fourth-order valence-electron chi connectivity index (χ4n) is 3.51. The Morgan fingerprint density at radius 1 is 1.32 bits per heavy atom. The molecule has 2 N–H and O–H groups in total. The van der Waals surface area contributed by atoms with E-state index < -0.39 is 0 Å². The van der Waals surface area contributed by atoms with E-state index in [9.17, 15) is 4.79 Å². The van der Waals surface area contributed by atoms with Crippen LogP contribution in [0.2, 0.25) is 5.02 Å². The lowest BCUT2D eigenvalue weighted by Gasteiger charge is -2.25. The molecule has 1 unspecified atom stereocenters. The van der Waals surface area contributed by atoms with Gasteiger partial charge in [-0.15, -0.1) is 0 Å². The summed E-state index contributed by atoms with van der Waals surface area (Å²) < 4.78 is 5.58. The average molecular weight is 365 g/mol. The van der Waals surface area contributed by atoms with Crippen LogP contribution in [0, 0.1) is 5.41 Å². The summed E-state index contributed by atoms with van der Waals surface area (Å²) in [6, 6.07) is 7.05. The molecule has 0 bridgehead atoms. The number of nitrogens with zero attached hydrogens (tertiary/aromatic N) is 2. The smallest absolute Gasteiger partial charge is 0.252 e. The Balaban J connectivity index is 1.43. The SMILES string of the molecule is CN=C(NCCNC(=O)c1ccccc1Cl)N1CCC2(CCOC2)C1. The number of rotatable bonds is 4. The molecule has 2 saturated heterocycles. The maximum absolute atomic E-state index is 12.1. The van der Waals surface area contributed by atoms with Gasteiger partial charge in [0.15, 0.2) is 5.96 Å². The first-order valence-electron chi connectivity index (χ1n) is 8.70. The van der Waals surface area contributed by atoms with E-state index in [1.807, 2.05) is 6.07 Å².